The highest BCUT2D eigenvalue weighted by Gasteiger charge is 2.16. The lowest BCUT2D eigenvalue weighted by atomic mass is 9.96. The summed E-state index contributed by atoms with van der Waals surface area (Å²) < 4.78 is 3.93. The van der Waals surface area contributed by atoms with Gasteiger partial charge in [0.2, 0.25) is 0 Å². The normalized spacial score (nSPS) is 14.5. The number of amides is 1. The Morgan fingerprint density at radius 3 is 2.27 bits per heavy atom. The van der Waals surface area contributed by atoms with E-state index in [1.54, 1.807) is 11.6 Å². The molecule has 0 bridgehead atoms. The summed E-state index contributed by atoms with van der Waals surface area (Å²) in [6.07, 6.45) is 17.0. The number of hydrogen-bond acceptors (Lipinski definition) is 6. The zero-order valence-corrected chi connectivity index (χ0v) is 21.2. The molecule has 1 unspecified atom stereocenters. The van der Waals surface area contributed by atoms with Crippen molar-refractivity contribution in [2.75, 3.05) is 6.61 Å². The zero-order chi connectivity index (χ0) is 26.2. The molecular weight excluding hydrogens is 470 g/mol. The molecular formula is C27H33N7O3. The van der Waals surface area contributed by atoms with Crippen LogP contribution in [0.4, 0.5) is 4.79 Å². The van der Waals surface area contributed by atoms with Crippen LogP contribution in [-0.4, -0.2) is 58.5 Å². The lowest BCUT2D eigenvalue weighted by Crippen LogP contribution is -2.33. The van der Waals surface area contributed by atoms with Gasteiger partial charge in [-0.25, -0.2) is 14.8 Å². The second kappa shape index (κ2) is 12.3. The van der Waals surface area contributed by atoms with Crippen molar-refractivity contribution in [2.45, 2.75) is 51.1 Å². The minimum Gasteiger partial charge on any atom is -0.465 e. The van der Waals surface area contributed by atoms with Crippen LogP contribution in [-0.2, 0) is 7.05 Å². The molecule has 194 valence electrons. The number of aliphatic hydroxyl groups excluding tert-OH is 1. The second-order valence-corrected chi connectivity index (χ2v) is 9.31. The van der Waals surface area contributed by atoms with E-state index in [4.69, 9.17) is 10.2 Å². The maximum absolute atomic E-state index is 9.75. The molecule has 1 saturated carbocycles. The van der Waals surface area contributed by atoms with Crippen LogP contribution in [0.1, 0.15) is 45.1 Å². The summed E-state index contributed by atoms with van der Waals surface area (Å²) >= 11 is 0. The predicted octanol–water partition coefficient (Wildman–Crippen LogP) is 4.55. The van der Waals surface area contributed by atoms with Gasteiger partial charge in [-0.15, -0.1) is 0 Å². The number of benzene rings is 1. The van der Waals surface area contributed by atoms with Gasteiger partial charge in [0.15, 0.2) is 5.82 Å². The van der Waals surface area contributed by atoms with Crippen LogP contribution >= 0.6 is 0 Å². The SMILES string of the molecule is CC(CO)NC(=O)O.Cn1cc(-c2cccc(-c3ncc(-c4cnn(C5CCCCC5)c4)cn3)c2)cn1. The number of rotatable bonds is 6. The third-order valence-electron chi connectivity index (χ3n) is 6.34. The minimum atomic E-state index is -1.11. The summed E-state index contributed by atoms with van der Waals surface area (Å²) in [5.74, 6) is 0.721. The number of aliphatic hydroxyl groups is 1. The largest absolute Gasteiger partial charge is 0.465 e. The smallest absolute Gasteiger partial charge is 0.404 e. The molecule has 1 aliphatic rings. The zero-order valence-electron chi connectivity index (χ0n) is 21.2. The fourth-order valence-corrected chi connectivity index (χ4v) is 4.32. The van der Waals surface area contributed by atoms with E-state index in [0.717, 1.165) is 33.6 Å². The number of carboxylic acid groups (broad SMARTS) is 1. The number of nitrogens with one attached hydrogen (secondary N) is 1. The summed E-state index contributed by atoms with van der Waals surface area (Å²) in [6, 6.07) is 8.42. The van der Waals surface area contributed by atoms with Gasteiger partial charge < -0.3 is 15.5 Å². The van der Waals surface area contributed by atoms with Crippen molar-refractivity contribution in [3.8, 4) is 33.6 Å². The molecule has 0 spiro atoms. The van der Waals surface area contributed by atoms with Crippen LogP contribution in [0.25, 0.3) is 33.6 Å². The van der Waals surface area contributed by atoms with Gasteiger partial charge in [0.05, 0.1) is 31.1 Å². The van der Waals surface area contributed by atoms with Gasteiger partial charge in [0.1, 0.15) is 0 Å². The van der Waals surface area contributed by atoms with E-state index in [-0.39, 0.29) is 12.6 Å². The molecule has 10 nitrogen and oxygen atoms in total. The van der Waals surface area contributed by atoms with Crippen LogP contribution in [0.5, 0.6) is 0 Å². The molecule has 1 atom stereocenters. The predicted molar refractivity (Wildman–Crippen MR) is 141 cm³/mol. The van der Waals surface area contributed by atoms with Crippen LogP contribution < -0.4 is 5.32 Å². The van der Waals surface area contributed by atoms with E-state index < -0.39 is 6.09 Å². The molecule has 1 amide bonds. The monoisotopic (exact) mass is 503 g/mol. The Balaban J connectivity index is 0.000000349. The van der Waals surface area contributed by atoms with E-state index in [1.807, 2.05) is 50.2 Å². The van der Waals surface area contributed by atoms with Crippen molar-refractivity contribution in [3.05, 3.63) is 61.4 Å². The highest BCUT2D eigenvalue weighted by Crippen LogP contribution is 2.29. The van der Waals surface area contributed by atoms with Crippen molar-refractivity contribution in [3.63, 3.8) is 0 Å². The summed E-state index contributed by atoms with van der Waals surface area (Å²) in [6.45, 7) is 1.42. The average molecular weight is 504 g/mol. The van der Waals surface area contributed by atoms with E-state index in [9.17, 15) is 4.79 Å². The second-order valence-electron chi connectivity index (χ2n) is 9.31. The lowest BCUT2D eigenvalue weighted by Gasteiger charge is -2.21. The van der Waals surface area contributed by atoms with Gasteiger partial charge in [0.25, 0.3) is 0 Å². The van der Waals surface area contributed by atoms with Crippen LogP contribution in [0.2, 0.25) is 0 Å². The molecule has 1 aromatic carbocycles. The molecule has 3 aromatic heterocycles. The maximum Gasteiger partial charge on any atom is 0.404 e. The van der Waals surface area contributed by atoms with Gasteiger partial charge >= 0.3 is 6.09 Å². The molecule has 0 aliphatic heterocycles. The van der Waals surface area contributed by atoms with Crippen molar-refractivity contribution < 1.29 is 15.0 Å². The van der Waals surface area contributed by atoms with Gasteiger partial charge in [-0.2, -0.15) is 10.2 Å². The van der Waals surface area contributed by atoms with E-state index in [1.165, 1.54) is 32.1 Å². The fraction of sp³-hybridized carbons (Fsp3) is 0.370. The minimum absolute atomic E-state index is 0.160. The Morgan fingerprint density at radius 1 is 0.973 bits per heavy atom. The molecule has 10 heteroatoms. The number of aromatic nitrogens is 6. The van der Waals surface area contributed by atoms with Gasteiger partial charge in [-0.1, -0.05) is 37.5 Å². The number of hydrogen-bond donors (Lipinski definition) is 3. The third kappa shape index (κ3) is 7.01. The number of carbonyl (C=O) groups is 1. The summed E-state index contributed by atoms with van der Waals surface area (Å²) in [5, 5.41) is 27.2. The first-order valence-electron chi connectivity index (χ1n) is 12.5. The Labute approximate surface area is 216 Å². The standard InChI is InChI=1S/C23H24N6.C4H9NO3/c1-28-15-20(13-26-28)17-6-5-7-18(10-17)23-24-11-19(12-25-23)21-14-27-29(16-21)22-8-3-2-4-9-22;1-3(2-6)5-4(7)8/h5-7,10-16,22H,2-4,8-9H2,1H3;3,5-6H,2H2,1H3,(H,7,8). The topological polar surface area (TPSA) is 131 Å². The summed E-state index contributed by atoms with van der Waals surface area (Å²) in [5.41, 5.74) is 5.26. The Morgan fingerprint density at radius 2 is 1.65 bits per heavy atom. The Hall–Kier alpha value is -4.05. The molecule has 37 heavy (non-hydrogen) atoms. The molecule has 0 radical (unpaired) electrons. The molecule has 4 aromatic rings. The molecule has 1 fully saturated rings. The van der Waals surface area contributed by atoms with Gasteiger partial charge in [-0.3, -0.25) is 9.36 Å². The maximum atomic E-state index is 9.75. The Bertz CT molecular complexity index is 1290. The lowest BCUT2D eigenvalue weighted by molar-refractivity contribution is 0.180. The van der Waals surface area contributed by atoms with Crippen LogP contribution in [0.3, 0.4) is 0 Å². The number of aryl methyl sites for hydroxylation is 1. The summed E-state index contributed by atoms with van der Waals surface area (Å²) in [7, 11) is 1.92. The fourth-order valence-electron chi connectivity index (χ4n) is 4.32. The van der Waals surface area contributed by atoms with Crippen molar-refractivity contribution in [2.24, 2.45) is 7.05 Å². The highest BCUT2D eigenvalue weighted by atomic mass is 16.4. The quantitative estimate of drug-likeness (QED) is 0.352. The molecule has 0 saturated heterocycles. The molecule has 3 heterocycles. The van der Waals surface area contributed by atoms with Gasteiger partial charge in [-0.05, 0) is 31.4 Å². The summed E-state index contributed by atoms with van der Waals surface area (Å²) in [4.78, 5) is 19.0. The number of nitrogens with zero attached hydrogens (tertiary/aromatic N) is 6. The van der Waals surface area contributed by atoms with Crippen LogP contribution in [0.15, 0.2) is 61.4 Å². The van der Waals surface area contributed by atoms with Gasteiger partial charge in [0, 0.05) is 54.1 Å². The first-order chi connectivity index (χ1) is 17.9. The van der Waals surface area contributed by atoms with Crippen molar-refractivity contribution in [1.82, 2.24) is 34.8 Å². The highest BCUT2D eigenvalue weighted by molar-refractivity contribution is 5.70. The van der Waals surface area contributed by atoms with Crippen molar-refractivity contribution in [1.29, 1.82) is 0 Å². The van der Waals surface area contributed by atoms with E-state index in [2.05, 4.69) is 48.5 Å². The molecule has 1 aliphatic carbocycles. The first kappa shape index (κ1) is 26.0. The first-order valence-corrected chi connectivity index (χ1v) is 12.5. The van der Waals surface area contributed by atoms with E-state index in [0.29, 0.717) is 6.04 Å². The molecule has 5 rings (SSSR count). The van der Waals surface area contributed by atoms with E-state index >= 15 is 0 Å². The van der Waals surface area contributed by atoms with Crippen LogP contribution in [0, 0.1) is 0 Å². The molecule has 3 N–H and O–H groups in total. The third-order valence-corrected chi connectivity index (χ3v) is 6.34. The average Bonchev–Trinajstić information content (AvgIpc) is 3.59. The van der Waals surface area contributed by atoms with Crippen molar-refractivity contribution >= 4 is 6.09 Å². The Kier molecular flexibility index (Phi) is 8.63.